The van der Waals surface area contributed by atoms with Crippen LogP contribution < -0.4 is 5.73 Å². The molecule has 1 aliphatic rings. The van der Waals surface area contributed by atoms with Crippen LogP contribution in [0.1, 0.15) is 11.1 Å². The average molecular weight is 282 g/mol. The second-order valence-corrected chi connectivity index (χ2v) is 5.49. The average Bonchev–Trinajstić information content (AvgIpc) is 2.57. The van der Waals surface area contributed by atoms with Crippen molar-refractivity contribution in [2.24, 2.45) is 5.73 Å². The van der Waals surface area contributed by atoms with Crippen LogP contribution >= 0.6 is 0 Å². The minimum atomic E-state index is 0.596. The van der Waals surface area contributed by atoms with Crippen LogP contribution in [0.15, 0.2) is 48.5 Å². The van der Waals surface area contributed by atoms with Crippen LogP contribution in [0.2, 0.25) is 0 Å². The molecule has 2 N–H and O–H groups in total. The molecule has 110 valence electrons. The Hall–Kier alpha value is -1.68. The minimum absolute atomic E-state index is 0.596. The number of morpholine rings is 1. The first-order valence-corrected chi connectivity index (χ1v) is 7.53. The van der Waals surface area contributed by atoms with E-state index in [1.165, 1.54) is 22.3 Å². The van der Waals surface area contributed by atoms with E-state index in [1.807, 2.05) is 0 Å². The van der Waals surface area contributed by atoms with Crippen molar-refractivity contribution in [2.75, 3.05) is 26.3 Å². The smallest absolute Gasteiger partial charge is 0.0594 e. The van der Waals surface area contributed by atoms with Crippen LogP contribution in [0.5, 0.6) is 0 Å². The lowest BCUT2D eigenvalue weighted by Crippen LogP contribution is -2.35. The van der Waals surface area contributed by atoms with Crippen molar-refractivity contribution in [3.63, 3.8) is 0 Å². The predicted molar refractivity (Wildman–Crippen MR) is 85.9 cm³/mol. The van der Waals surface area contributed by atoms with Gasteiger partial charge in [0.25, 0.3) is 0 Å². The normalized spacial score (nSPS) is 16.0. The third-order valence-corrected chi connectivity index (χ3v) is 3.99. The van der Waals surface area contributed by atoms with E-state index in [9.17, 15) is 0 Å². The van der Waals surface area contributed by atoms with Crippen molar-refractivity contribution >= 4 is 0 Å². The molecule has 3 rings (SSSR count). The Bertz CT molecular complexity index is 557. The molecule has 0 saturated carbocycles. The van der Waals surface area contributed by atoms with Gasteiger partial charge in [0.05, 0.1) is 13.2 Å². The summed E-state index contributed by atoms with van der Waals surface area (Å²) in [7, 11) is 0. The van der Waals surface area contributed by atoms with Gasteiger partial charge in [-0.1, -0.05) is 48.5 Å². The fraction of sp³-hybridized carbons (Fsp3) is 0.333. The van der Waals surface area contributed by atoms with Crippen molar-refractivity contribution in [3.8, 4) is 11.1 Å². The summed E-state index contributed by atoms with van der Waals surface area (Å²) in [5, 5.41) is 0. The van der Waals surface area contributed by atoms with E-state index in [2.05, 4.69) is 53.4 Å². The largest absolute Gasteiger partial charge is 0.379 e. The highest BCUT2D eigenvalue weighted by molar-refractivity contribution is 5.63. The van der Waals surface area contributed by atoms with Crippen LogP contribution in [0.3, 0.4) is 0 Å². The zero-order valence-corrected chi connectivity index (χ0v) is 12.3. The molecule has 0 unspecified atom stereocenters. The number of nitrogens with two attached hydrogens (primary N) is 1. The van der Waals surface area contributed by atoms with Gasteiger partial charge >= 0.3 is 0 Å². The summed E-state index contributed by atoms with van der Waals surface area (Å²) in [6.07, 6.45) is 0. The van der Waals surface area contributed by atoms with Crippen LogP contribution in [0.4, 0.5) is 0 Å². The molecule has 0 radical (unpaired) electrons. The SMILES string of the molecule is NCc1ccc(-c2ccc(CN3CCOCC3)cc2)cc1. The monoisotopic (exact) mass is 282 g/mol. The Morgan fingerprint density at radius 1 is 0.810 bits per heavy atom. The van der Waals surface area contributed by atoms with E-state index >= 15 is 0 Å². The molecular weight excluding hydrogens is 260 g/mol. The first-order valence-electron chi connectivity index (χ1n) is 7.53. The van der Waals surface area contributed by atoms with Crippen molar-refractivity contribution in [2.45, 2.75) is 13.1 Å². The van der Waals surface area contributed by atoms with Gasteiger partial charge in [0.2, 0.25) is 0 Å². The van der Waals surface area contributed by atoms with Gasteiger partial charge in [-0.25, -0.2) is 0 Å². The summed E-state index contributed by atoms with van der Waals surface area (Å²) in [5.74, 6) is 0. The van der Waals surface area contributed by atoms with Gasteiger partial charge < -0.3 is 10.5 Å². The van der Waals surface area contributed by atoms with Crippen LogP contribution in [-0.2, 0) is 17.8 Å². The Labute approximate surface area is 126 Å². The first kappa shape index (κ1) is 14.3. The topological polar surface area (TPSA) is 38.5 Å². The Balaban J connectivity index is 1.67. The quantitative estimate of drug-likeness (QED) is 0.937. The first-order chi connectivity index (χ1) is 10.3. The van der Waals surface area contributed by atoms with Crippen molar-refractivity contribution in [1.29, 1.82) is 0 Å². The highest BCUT2D eigenvalue weighted by Gasteiger charge is 2.10. The molecule has 1 heterocycles. The van der Waals surface area contributed by atoms with Crippen molar-refractivity contribution in [3.05, 3.63) is 59.7 Å². The number of ether oxygens (including phenoxy) is 1. The van der Waals surface area contributed by atoms with E-state index < -0.39 is 0 Å². The highest BCUT2D eigenvalue weighted by atomic mass is 16.5. The minimum Gasteiger partial charge on any atom is -0.379 e. The summed E-state index contributed by atoms with van der Waals surface area (Å²) in [6, 6.07) is 17.3. The predicted octanol–water partition coefficient (Wildman–Crippen LogP) is 2.64. The molecule has 1 aliphatic heterocycles. The number of benzene rings is 2. The lowest BCUT2D eigenvalue weighted by Gasteiger charge is -2.26. The Morgan fingerprint density at radius 2 is 1.33 bits per heavy atom. The number of hydrogen-bond acceptors (Lipinski definition) is 3. The standard InChI is InChI=1S/C18H22N2O/c19-13-15-1-5-17(6-2-15)18-7-3-16(4-8-18)14-20-9-11-21-12-10-20/h1-8H,9-14,19H2. The van der Waals surface area contributed by atoms with E-state index in [-0.39, 0.29) is 0 Å². The second-order valence-electron chi connectivity index (χ2n) is 5.49. The summed E-state index contributed by atoms with van der Waals surface area (Å²) in [6.45, 7) is 5.37. The van der Waals surface area contributed by atoms with Crippen molar-refractivity contribution in [1.82, 2.24) is 4.90 Å². The summed E-state index contributed by atoms with van der Waals surface area (Å²) < 4.78 is 5.38. The van der Waals surface area contributed by atoms with E-state index in [4.69, 9.17) is 10.5 Å². The van der Waals surface area contributed by atoms with Gasteiger partial charge in [-0.05, 0) is 22.3 Å². The zero-order chi connectivity index (χ0) is 14.5. The lowest BCUT2D eigenvalue weighted by atomic mass is 10.0. The van der Waals surface area contributed by atoms with E-state index in [1.54, 1.807) is 0 Å². The molecule has 3 heteroatoms. The second kappa shape index (κ2) is 6.85. The van der Waals surface area contributed by atoms with Gasteiger partial charge in [-0.2, -0.15) is 0 Å². The number of nitrogens with zero attached hydrogens (tertiary/aromatic N) is 1. The number of rotatable bonds is 4. The third kappa shape index (κ3) is 3.70. The van der Waals surface area contributed by atoms with Crippen molar-refractivity contribution < 1.29 is 4.74 Å². The third-order valence-electron chi connectivity index (χ3n) is 3.99. The molecule has 3 nitrogen and oxygen atoms in total. The maximum absolute atomic E-state index is 5.63. The Kier molecular flexibility index (Phi) is 4.65. The van der Waals surface area contributed by atoms with Gasteiger partial charge in [0, 0.05) is 26.2 Å². The van der Waals surface area contributed by atoms with E-state index in [0.29, 0.717) is 6.54 Å². The Morgan fingerprint density at radius 3 is 1.86 bits per heavy atom. The zero-order valence-electron chi connectivity index (χ0n) is 12.3. The fourth-order valence-electron chi connectivity index (χ4n) is 2.65. The molecule has 0 spiro atoms. The van der Waals surface area contributed by atoms with Gasteiger partial charge in [0.15, 0.2) is 0 Å². The molecule has 0 atom stereocenters. The summed E-state index contributed by atoms with van der Waals surface area (Å²) in [4.78, 5) is 2.44. The molecule has 0 aliphatic carbocycles. The lowest BCUT2D eigenvalue weighted by molar-refractivity contribution is 0.0342. The van der Waals surface area contributed by atoms with Crippen LogP contribution in [0, 0.1) is 0 Å². The molecule has 21 heavy (non-hydrogen) atoms. The molecule has 0 aromatic heterocycles. The van der Waals surface area contributed by atoms with Crippen LogP contribution in [-0.4, -0.2) is 31.2 Å². The van der Waals surface area contributed by atoms with Gasteiger partial charge in [0.1, 0.15) is 0 Å². The molecule has 0 amide bonds. The molecule has 1 fully saturated rings. The maximum atomic E-state index is 5.63. The highest BCUT2D eigenvalue weighted by Crippen LogP contribution is 2.21. The molecule has 1 saturated heterocycles. The van der Waals surface area contributed by atoms with Crippen LogP contribution in [0.25, 0.3) is 11.1 Å². The van der Waals surface area contributed by atoms with Gasteiger partial charge in [-0.15, -0.1) is 0 Å². The molecule has 0 bridgehead atoms. The molecule has 2 aromatic rings. The summed E-state index contributed by atoms with van der Waals surface area (Å²) in [5.41, 5.74) is 10.7. The van der Waals surface area contributed by atoms with Gasteiger partial charge in [-0.3, -0.25) is 4.90 Å². The summed E-state index contributed by atoms with van der Waals surface area (Å²) >= 11 is 0. The fourth-order valence-corrected chi connectivity index (χ4v) is 2.65. The molecular formula is C18H22N2O. The van der Waals surface area contributed by atoms with E-state index in [0.717, 1.165) is 32.8 Å². The maximum Gasteiger partial charge on any atom is 0.0594 e. The number of hydrogen-bond donors (Lipinski definition) is 1. The molecule has 2 aromatic carbocycles.